The number of rotatable bonds is 6. The molecule has 1 aromatic carbocycles. The number of nitrogens with one attached hydrogen (secondary N) is 1. The van der Waals surface area contributed by atoms with Crippen LogP contribution in [0.2, 0.25) is 0 Å². The van der Waals surface area contributed by atoms with Gasteiger partial charge in [0.1, 0.15) is 15.9 Å². The van der Waals surface area contributed by atoms with Crippen LogP contribution in [-0.4, -0.2) is 23.7 Å². The first-order valence-electron chi connectivity index (χ1n) is 8.16. The van der Waals surface area contributed by atoms with E-state index in [0.717, 1.165) is 16.2 Å². The minimum Gasteiger partial charge on any atom is -0.462 e. The smallest absolute Gasteiger partial charge is 0.348 e. The maximum Gasteiger partial charge on any atom is 0.348 e. The molecule has 0 aliphatic carbocycles. The monoisotopic (exact) mass is 388 g/mol. The van der Waals surface area contributed by atoms with E-state index in [1.165, 1.54) is 0 Å². The zero-order valence-electron chi connectivity index (χ0n) is 15.1. The van der Waals surface area contributed by atoms with E-state index >= 15 is 0 Å². The molecule has 0 fully saturated rings. The second-order valence-corrected chi connectivity index (χ2v) is 8.41. The third-order valence-corrected chi connectivity index (χ3v) is 5.64. The second-order valence-electron chi connectivity index (χ2n) is 5.74. The molecular formula is C19H20N2O3S2. The molecule has 1 N–H and O–H groups in total. The highest BCUT2D eigenvalue weighted by molar-refractivity contribution is 7.99. The van der Waals surface area contributed by atoms with Crippen LogP contribution in [0, 0.1) is 18.3 Å². The number of hydrogen-bond acceptors (Lipinski definition) is 6. The predicted octanol–water partition coefficient (Wildman–Crippen LogP) is 4.86. The Labute approximate surface area is 161 Å². The number of hydrogen-bond donors (Lipinski definition) is 1. The molecule has 0 aliphatic rings. The van der Waals surface area contributed by atoms with Crippen LogP contribution in [-0.2, 0) is 4.74 Å². The van der Waals surface area contributed by atoms with Crippen molar-refractivity contribution in [3.8, 4) is 6.07 Å². The number of benzene rings is 1. The number of thiophene rings is 1. The van der Waals surface area contributed by atoms with Crippen molar-refractivity contribution >= 4 is 40.0 Å². The topological polar surface area (TPSA) is 79.2 Å². The summed E-state index contributed by atoms with van der Waals surface area (Å²) in [4.78, 5) is 25.9. The fraction of sp³-hybridized carbons (Fsp3) is 0.316. The van der Waals surface area contributed by atoms with Crippen molar-refractivity contribution in [3.63, 3.8) is 0 Å². The highest BCUT2D eigenvalue weighted by Crippen LogP contribution is 2.33. The van der Waals surface area contributed by atoms with Crippen LogP contribution in [0.3, 0.4) is 0 Å². The average molecular weight is 389 g/mol. The van der Waals surface area contributed by atoms with Crippen LogP contribution >= 0.6 is 23.1 Å². The summed E-state index contributed by atoms with van der Waals surface area (Å²) < 4.78 is 5.00. The van der Waals surface area contributed by atoms with Gasteiger partial charge in [0.15, 0.2) is 0 Å². The van der Waals surface area contributed by atoms with Crippen molar-refractivity contribution in [2.75, 3.05) is 11.9 Å². The van der Waals surface area contributed by atoms with Gasteiger partial charge in [-0.2, -0.15) is 5.26 Å². The number of ether oxygens (including phenoxy) is 1. The molecule has 0 atom stereocenters. The van der Waals surface area contributed by atoms with Crippen LogP contribution in [0.1, 0.15) is 51.9 Å². The summed E-state index contributed by atoms with van der Waals surface area (Å²) in [6, 6.07) is 9.35. The van der Waals surface area contributed by atoms with Gasteiger partial charge >= 0.3 is 5.97 Å². The summed E-state index contributed by atoms with van der Waals surface area (Å²) >= 11 is 2.78. The van der Waals surface area contributed by atoms with Gasteiger partial charge in [-0.1, -0.05) is 13.8 Å². The SMILES string of the molecule is CCOC(=O)c1sc(NC(=O)c2ccc(SC(C)C)cc2)c(C#N)c1C. The number of carbonyl (C=O) groups is 2. The number of nitriles is 1. The molecule has 0 radical (unpaired) electrons. The van der Waals surface area contributed by atoms with Crippen molar-refractivity contribution in [2.24, 2.45) is 0 Å². The van der Waals surface area contributed by atoms with Crippen LogP contribution in [0.4, 0.5) is 5.00 Å². The predicted molar refractivity (Wildman–Crippen MR) is 105 cm³/mol. The number of anilines is 1. The Kier molecular flexibility index (Phi) is 6.83. The first kappa shape index (κ1) is 20.0. The maximum atomic E-state index is 12.5. The van der Waals surface area contributed by atoms with Crippen LogP contribution in [0.15, 0.2) is 29.2 Å². The Morgan fingerprint density at radius 2 is 1.96 bits per heavy atom. The summed E-state index contributed by atoms with van der Waals surface area (Å²) in [5.41, 5.74) is 1.30. The van der Waals surface area contributed by atoms with Gasteiger partial charge < -0.3 is 10.1 Å². The van der Waals surface area contributed by atoms with E-state index in [9.17, 15) is 14.9 Å². The molecule has 1 amide bonds. The van der Waals surface area contributed by atoms with Gasteiger partial charge in [-0.3, -0.25) is 4.79 Å². The van der Waals surface area contributed by atoms with Crippen molar-refractivity contribution < 1.29 is 14.3 Å². The zero-order chi connectivity index (χ0) is 19.3. The molecule has 0 spiro atoms. The summed E-state index contributed by atoms with van der Waals surface area (Å²) in [6.45, 7) is 7.86. The van der Waals surface area contributed by atoms with E-state index in [1.54, 1.807) is 37.7 Å². The largest absolute Gasteiger partial charge is 0.462 e. The molecule has 2 rings (SSSR count). The number of carbonyl (C=O) groups excluding carboxylic acids is 2. The fourth-order valence-electron chi connectivity index (χ4n) is 2.26. The molecule has 2 aromatic rings. The summed E-state index contributed by atoms with van der Waals surface area (Å²) in [6.07, 6.45) is 0. The van der Waals surface area contributed by atoms with Gasteiger partial charge in [0.25, 0.3) is 5.91 Å². The molecule has 0 saturated heterocycles. The van der Waals surface area contributed by atoms with Crippen LogP contribution < -0.4 is 5.32 Å². The lowest BCUT2D eigenvalue weighted by atomic mass is 10.1. The molecule has 5 nitrogen and oxygen atoms in total. The molecule has 1 heterocycles. The van der Waals surface area contributed by atoms with E-state index in [1.807, 2.05) is 12.1 Å². The Morgan fingerprint density at radius 3 is 2.50 bits per heavy atom. The Hall–Kier alpha value is -2.30. The minimum absolute atomic E-state index is 0.250. The standard InChI is InChI=1S/C19H20N2O3S2/c1-5-24-19(23)16-12(4)15(10-20)18(26-16)21-17(22)13-6-8-14(9-7-13)25-11(2)3/h6-9,11H,5H2,1-4H3,(H,21,22). The van der Waals surface area contributed by atoms with Gasteiger partial charge in [0, 0.05) is 15.7 Å². The maximum absolute atomic E-state index is 12.5. The summed E-state index contributed by atoms with van der Waals surface area (Å²) in [5.74, 6) is -0.804. The number of esters is 1. The Bertz CT molecular complexity index is 849. The number of thioether (sulfide) groups is 1. The highest BCUT2D eigenvalue weighted by Gasteiger charge is 2.22. The molecule has 26 heavy (non-hydrogen) atoms. The third kappa shape index (κ3) is 4.65. The van der Waals surface area contributed by atoms with Crippen LogP contribution in [0.25, 0.3) is 0 Å². The number of nitrogens with zero attached hydrogens (tertiary/aromatic N) is 1. The highest BCUT2D eigenvalue weighted by atomic mass is 32.2. The molecule has 0 bridgehead atoms. The van der Waals surface area contributed by atoms with E-state index in [-0.39, 0.29) is 12.5 Å². The van der Waals surface area contributed by atoms with Crippen molar-refractivity contribution in [2.45, 2.75) is 37.8 Å². The van der Waals surface area contributed by atoms with Crippen molar-refractivity contribution in [1.29, 1.82) is 5.26 Å². The van der Waals surface area contributed by atoms with E-state index in [0.29, 0.717) is 31.8 Å². The lowest BCUT2D eigenvalue weighted by molar-refractivity contribution is 0.0531. The molecule has 1 aromatic heterocycles. The molecule has 136 valence electrons. The fourth-order valence-corrected chi connectivity index (χ4v) is 4.14. The van der Waals surface area contributed by atoms with Gasteiger partial charge in [-0.05, 0) is 43.7 Å². The first-order chi connectivity index (χ1) is 12.4. The summed E-state index contributed by atoms with van der Waals surface area (Å²) in [7, 11) is 0. The van der Waals surface area contributed by atoms with Gasteiger partial charge in [0.05, 0.1) is 12.2 Å². The molecule has 0 aliphatic heterocycles. The molecule has 7 heteroatoms. The van der Waals surface area contributed by atoms with Crippen molar-refractivity contribution in [1.82, 2.24) is 0 Å². The normalized spacial score (nSPS) is 10.5. The second kappa shape index (κ2) is 8.88. The Balaban J connectivity index is 2.22. The van der Waals surface area contributed by atoms with Gasteiger partial charge in [-0.25, -0.2) is 4.79 Å². The van der Waals surface area contributed by atoms with E-state index in [4.69, 9.17) is 4.74 Å². The zero-order valence-corrected chi connectivity index (χ0v) is 16.7. The minimum atomic E-state index is -0.484. The lowest BCUT2D eigenvalue weighted by Gasteiger charge is -2.07. The lowest BCUT2D eigenvalue weighted by Crippen LogP contribution is -2.11. The molecule has 0 unspecified atom stereocenters. The van der Waals surface area contributed by atoms with Crippen molar-refractivity contribution in [3.05, 3.63) is 45.8 Å². The Morgan fingerprint density at radius 1 is 1.31 bits per heavy atom. The average Bonchev–Trinajstić information content (AvgIpc) is 2.90. The van der Waals surface area contributed by atoms with Gasteiger partial charge in [0.2, 0.25) is 0 Å². The first-order valence-corrected chi connectivity index (χ1v) is 9.85. The third-order valence-electron chi connectivity index (χ3n) is 3.43. The molecule has 0 saturated carbocycles. The van der Waals surface area contributed by atoms with E-state index in [2.05, 4.69) is 25.2 Å². The van der Waals surface area contributed by atoms with E-state index < -0.39 is 5.97 Å². The van der Waals surface area contributed by atoms with Crippen LogP contribution in [0.5, 0.6) is 0 Å². The molecular weight excluding hydrogens is 368 g/mol. The number of amides is 1. The van der Waals surface area contributed by atoms with Gasteiger partial charge in [-0.15, -0.1) is 23.1 Å². The quantitative estimate of drug-likeness (QED) is 0.565. The summed E-state index contributed by atoms with van der Waals surface area (Å²) in [5, 5.41) is 12.9.